The molecule has 0 amide bonds. The smallest absolute Gasteiger partial charge is 0.225 e. The molecule has 0 saturated carbocycles. The molecule has 0 unspecified atom stereocenters. The predicted molar refractivity (Wildman–Crippen MR) is 88.5 cm³/mol. The Morgan fingerprint density at radius 2 is 1.96 bits per heavy atom. The van der Waals surface area contributed by atoms with Crippen LogP contribution in [0.2, 0.25) is 0 Å². The maximum absolute atomic E-state index is 12.8. The summed E-state index contributed by atoms with van der Waals surface area (Å²) in [7, 11) is 0. The number of hydrogen-bond acceptors (Lipinski definition) is 6. The van der Waals surface area contributed by atoms with Crippen molar-refractivity contribution in [2.24, 2.45) is 0 Å². The van der Waals surface area contributed by atoms with Crippen LogP contribution >= 0.6 is 11.3 Å². The van der Waals surface area contributed by atoms with Crippen molar-refractivity contribution < 1.29 is 9.18 Å². The Kier molecular flexibility index (Phi) is 5.30. The molecule has 2 aromatic heterocycles. The van der Waals surface area contributed by atoms with Crippen molar-refractivity contribution in [1.29, 1.82) is 0 Å². The first-order valence-electron chi connectivity index (χ1n) is 7.74. The third kappa shape index (κ3) is 4.33. The number of halogens is 1. The van der Waals surface area contributed by atoms with Crippen LogP contribution in [0.1, 0.15) is 22.5 Å². The molecule has 2 aromatic rings. The quantitative estimate of drug-likeness (QED) is 0.760. The molecular formula is C16H19FN4OS. The lowest BCUT2D eigenvalue weighted by Crippen LogP contribution is -2.47. The summed E-state index contributed by atoms with van der Waals surface area (Å²) >= 11 is 1.51. The number of thiophene rings is 1. The van der Waals surface area contributed by atoms with Crippen LogP contribution in [0.25, 0.3) is 0 Å². The first-order chi connectivity index (χ1) is 11.2. The molecule has 3 heterocycles. The van der Waals surface area contributed by atoms with E-state index in [1.807, 2.05) is 17.5 Å². The van der Waals surface area contributed by atoms with E-state index >= 15 is 0 Å². The highest BCUT2D eigenvalue weighted by Crippen LogP contribution is 2.14. The maximum Gasteiger partial charge on any atom is 0.225 e. The van der Waals surface area contributed by atoms with Crippen molar-refractivity contribution in [3.8, 4) is 0 Å². The number of aromatic nitrogens is 2. The van der Waals surface area contributed by atoms with Crippen molar-refractivity contribution >= 4 is 23.1 Å². The van der Waals surface area contributed by atoms with E-state index in [1.54, 1.807) is 0 Å². The first kappa shape index (κ1) is 16.0. The van der Waals surface area contributed by atoms with Crippen LogP contribution in [0.5, 0.6) is 0 Å². The molecule has 1 saturated heterocycles. The average molecular weight is 334 g/mol. The Morgan fingerprint density at radius 3 is 2.61 bits per heavy atom. The van der Waals surface area contributed by atoms with Gasteiger partial charge in [-0.15, -0.1) is 11.3 Å². The number of piperazine rings is 1. The van der Waals surface area contributed by atoms with E-state index in [4.69, 9.17) is 0 Å². The molecule has 1 aliphatic heterocycles. The summed E-state index contributed by atoms with van der Waals surface area (Å²) in [4.78, 5) is 25.2. The lowest BCUT2D eigenvalue weighted by atomic mass is 10.2. The van der Waals surface area contributed by atoms with Crippen LogP contribution in [0.15, 0.2) is 29.9 Å². The van der Waals surface area contributed by atoms with Gasteiger partial charge in [0.05, 0.1) is 17.3 Å². The number of carbonyl (C=O) groups excluding carboxylic acids is 1. The van der Waals surface area contributed by atoms with Gasteiger partial charge in [0, 0.05) is 32.6 Å². The molecule has 0 bridgehead atoms. The van der Waals surface area contributed by atoms with Gasteiger partial charge in [0.15, 0.2) is 11.6 Å². The highest BCUT2D eigenvalue weighted by Gasteiger charge is 2.19. The SMILES string of the molecule is O=C(CCCN1CCN(c2ncc(F)cn2)CC1)c1cccs1. The predicted octanol–water partition coefficient (Wildman–Crippen LogP) is 2.46. The molecule has 23 heavy (non-hydrogen) atoms. The van der Waals surface area contributed by atoms with Crippen molar-refractivity contribution in [2.75, 3.05) is 37.6 Å². The third-order valence-corrected chi connectivity index (χ3v) is 4.85. The van der Waals surface area contributed by atoms with Crippen molar-refractivity contribution in [2.45, 2.75) is 12.8 Å². The van der Waals surface area contributed by atoms with Gasteiger partial charge < -0.3 is 4.90 Å². The van der Waals surface area contributed by atoms with Crippen LogP contribution in [0, 0.1) is 5.82 Å². The van der Waals surface area contributed by atoms with Crippen LogP contribution in [0.4, 0.5) is 10.3 Å². The van der Waals surface area contributed by atoms with E-state index < -0.39 is 5.82 Å². The molecule has 3 rings (SSSR count). The summed E-state index contributed by atoms with van der Waals surface area (Å²) < 4.78 is 12.8. The summed E-state index contributed by atoms with van der Waals surface area (Å²) in [5, 5.41) is 1.93. The molecular weight excluding hydrogens is 315 g/mol. The molecule has 7 heteroatoms. The molecule has 5 nitrogen and oxygen atoms in total. The molecule has 0 N–H and O–H groups in total. The summed E-state index contributed by atoms with van der Waals surface area (Å²) in [6, 6.07) is 3.79. The lowest BCUT2D eigenvalue weighted by Gasteiger charge is -2.34. The highest BCUT2D eigenvalue weighted by molar-refractivity contribution is 7.12. The zero-order valence-electron chi connectivity index (χ0n) is 12.8. The largest absolute Gasteiger partial charge is 0.338 e. The van der Waals surface area contributed by atoms with E-state index in [0.29, 0.717) is 12.4 Å². The van der Waals surface area contributed by atoms with Crippen LogP contribution in [-0.2, 0) is 0 Å². The fraction of sp³-hybridized carbons (Fsp3) is 0.438. The van der Waals surface area contributed by atoms with E-state index in [0.717, 1.165) is 44.0 Å². The van der Waals surface area contributed by atoms with E-state index in [-0.39, 0.29) is 5.78 Å². The van der Waals surface area contributed by atoms with Gasteiger partial charge in [-0.1, -0.05) is 6.07 Å². The second kappa shape index (κ2) is 7.61. The minimum atomic E-state index is -0.414. The van der Waals surface area contributed by atoms with Crippen LogP contribution < -0.4 is 4.90 Å². The summed E-state index contributed by atoms with van der Waals surface area (Å²) in [6.45, 7) is 4.39. The van der Waals surface area contributed by atoms with Gasteiger partial charge in [-0.3, -0.25) is 9.69 Å². The van der Waals surface area contributed by atoms with Gasteiger partial charge in [0.25, 0.3) is 0 Å². The zero-order valence-corrected chi connectivity index (χ0v) is 13.6. The summed E-state index contributed by atoms with van der Waals surface area (Å²) in [5.74, 6) is 0.403. The normalized spacial score (nSPS) is 15.8. The molecule has 0 aromatic carbocycles. The highest BCUT2D eigenvalue weighted by atomic mass is 32.1. The molecule has 122 valence electrons. The lowest BCUT2D eigenvalue weighted by molar-refractivity contribution is 0.0978. The Bertz CT molecular complexity index is 624. The summed E-state index contributed by atoms with van der Waals surface area (Å²) in [5.41, 5.74) is 0. The van der Waals surface area contributed by atoms with Gasteiger partial charge in [-0.05, 0) is 24.4 Å². The number of ketones is 1. The standard InChI is InChI=1S/C16H19FN4OS/c17-13-11-18-16(19-12-13)21-8-6-20(7-9-21)5-1-3-14(22)15-4-2-10-23-15/h2,4,10-12H,1,3,5-9H2. The van der Waals surface area contributed by atoms with Crippen molar-refractivity contribution in [1.82, 2.24) is 14.9 Å². The molecule has 0 radical (unpaired) electrons. The van der Waals surface area contributed by atoms with E-state index in [9.17, 15) is 9.18 Å². The van der Waals surface area contributed by atoms with Gasteiger partial charge in [0.1, 0.15) is 0 Å². The van der Waals surface area contributed by atoms with Gasteiger partial charge in [-0.2, -0.15) is 0 Å². The summed E-state index contributed by atoms with van der Waals surface area (Å²) in [6.07, 6.45) is 3.88. The van der Waals surface area contributed by atoms with E-state index in [1.165, 1.54) is 23.7 Å². The first-order valence-corrected chi connectivity index (χ1v) is 8.62. The molecule has 0 spiro atoms. The van der Waals surface area contributed by atoms with Gasteiger partial charge in [0.2, 0.25) is 5.95 Å². The monoisotopic (exact) mass is 334 g/mol. The molecule has 0 atom stereocenters. The van der Waals surface area contributed by atoms with Crippen LogP contribution in [0.3, 0.4) is 0 Å². The van der Waals surface area contributed by atoms with Gasteiger partial charge in [-0.25, -0.2) is 14.4 Å². The molecule has 0 aliphatic carbocycles. The molecule has 1 aliphatic rings. The molecule has 1 fully saturated rings. The number of hydrogen-bond donors (Lipinski definition) is 0. The topological polar surface area (TPSA) is 49.3 Å². The van der Waals surface area contributed by atoms with Crippen molar-refractivity contribution in [3.05, 3.63) is 40.6 Å². The van der Waals surface area contributed by atoms with Crippen LogP contribution in [-0.4, -0.2) is 53.4 Å². The average Bonchev–Trinajstić information content (AvgIpc) is 3.11. The Labute approximate surface area is 138 Å². The second-order valence-corrected chi connectivity index (χ2v) is 6.48. The Morgan fingerprint density at radius 1 is 1.22 bits per heavy atom. The number of anilines is 1. The second-order valence-electron chi connectivity index (χ2n) is 5.53. The van der Waals surface area contributed by atoms with E-state index in [2.05, 4.69) is 19.8 Å². The fourth-order valence-electron chi connectivity index (χ4n) is 2.66. The minimum absolute atomic E-state index is 0.235. The minimum Gasteiger partial charge on any atom is -0.338 e. The van der Waals surface area contributed by atoms with Crippen molar-refractivity contribution in [3.63, 3.8) is 0 Å². The number of carbonyl (C=O) groups is 1. The Balaban J connectivity index is 1.39. The number of rotatable bonds is 6. The third-order valence-electron chi connectivity index (χ3n) is 3.94. The number of nitrogens with zero attached hydrogens (tertiary/aromatic N) is 4. The fourth-order valence-corrected chi connectivity index (χ4v) is 3.36. The van der Waals surface area contributed by atoms with Gasteiger partial charge >= 0.3 is 0 Å². The maximum atomic E-state index is 12.8. The Hall–Kier alpha value is -1.86. The number of Topliss-reactive ketones (excluding diaryl/α,β-unsaturated/α-hetero) is 1. The zero-order chi connectivity index (χ0) is 16.1.